The largest absolute Gasteiger partial charge is 0.368 e. The van der Waals surface area contributed by atoms with Crippen molar-refractivity contribution in [2.45, 2.75) is 39.3 Å². The summed E-state index contributed by atoms with van der Waals surface area (Å²) in [5, 5.41) is 7.48. The van der Waals surface area contributed by atoms with Crippen LogP contribution in [0.15, 0.2) is 22.7 Å². The van der Waals surface area contributed by atoms with Crippen molar-refractivity contribution in [3.05, 3.63) is 35.2 Å². The van der Waals surface area contributed by atoms with Gasteiger partial charge in [0.2, 0.25) is 5.82 Å². The van der Waals surface area contributed by atoms with E-state index in [2.05, 4.69) is 27.6 Å². The molecule has 1 aliphatic heterocycles. The summed E-state index contributed by atoms with van der Waals surface area (Å²) < 4.78 is 11.2. The lowest BCUT2D eigenvalue weighted by molar-refractivity contribution is -0.0221. The monoisotopic (exact) mass is 287 g/mol. The van der Waals surface area contributed by atoms with Gasteiger partial charge in [0.05, 0.1) is 0 Å². The number of nitrogens with one attached hydrogen (secondary N) is 1. The van der Waals surface area contributed by atoms with Gasteiger partial charge in [-0.1, -0.05) is 17.3 Å². The smallest absolute Gasteiger partial charge is 0.258 e. The van der Waals surface area contributed by atoms with Crippen molar-refractivity contribution >= 4 is 0 Å². The number of nitrogens with zero attached hydrogens (tertiary/aromatic N) is 2. The van der Waals surface area contributed by atoms with Crippen molar-refractivity contribution in [2.75, 3.05) is 13.2 Å². The fourth-order valence-electron chi connectivity index (χ4n) is 2.74. The van der Waals surface area contributed by atoms with E-state index in [0.29, 0.717) is 18.3 Å². The van der Waals surface area contributed by atoms with Crippen LogP contribution < -0.4 is 5.32 Å². The molecule has 112 valence electrons. The molecule has 0 amide bonds. The number of aromatic nitrogens is 2. The lowest BCUT2D eigenvalue weighted by Gasteiger charge is -2.20. The van der Waals surface area contributed by atoms with Crippen LogP contribution in [-0.4, -0.2) is 23.3 Å². The zero-order chi connectivity index (χ0) is 14.9. The molecule has 5 heteroatoms. The number of benzene rings is 1. The van der Waals surface area contributed by atoms with Gasteiger partial charge in [0.15, 0.2) is 0 Å². The number of hydrogen-bond acceptors (Lipinski definition) is 5. The van der Waals surface area contributed by atoms with Gasteiger partial charge in [-0.2, -0.15) is 4.98 Å². The van der Waals surface area contributed by atoms with Crippen molar-refractivity contribution in [2.24, 2.45) is 0 Å². The van der Waals surface area contributed by atoms with E-state index in [9.17, 15) is 0 Å². The van der Waals surface area contributed by atoms with E-state index in [1.165, 1.54) is 11.1 Å². The number of hydrogen-bond donors (Lipinski definition) is 1. The van der Waals surface area contributed by atoms with Gasteiger partial charge in [0.25, 0.3) is 5.89 Å². The first-order valence-electron chi connectivity index (χ1n) is 7.42. The lowest BCUT2D eigenvalue weighted by Crippen LogP contribution is -2.24. The first-order chi connectivity index (χ1) is 10.1. The molecule has 1 N–H and O–H groups in total. The average Bonchev–Trinajstić information content (AvgIpc) is 2.97. The van der Waals surface area contributed by atoms with Crippen LogP contribution in [0.5, 0.6) is 0 Å². The molecule has 1 aromatic heterocycles. The highest BCUT2D eigenvalue weighted by atomic mass is 16.5. The highest BCUT2D eigenvalue weighted by Crippen LogP contribution is 2.29. The Balaban J connectivity index is 1.97. The normalized spacial score (nSPS) is 15.0. The zero-order valence-corrected chi connectivity index (χ0v) is 12.8. The van der Waals surface area contributed by atoms with Gasteiger partial charge in [-0.05, 0) is 50.9 Å². The number of fused-ring (bicyclic) bond motifs is 1. The molecule has 0 atom stereocenters. The van der Waals surface area contributed by atoms with Gasteiger partial charge in [0.1, 0.15) is 5.60 Å². The molecule has 0 spiro atoms. The third-order valence-electron chi connectivity index (χ3n) is 3.84. The molecule has 3 rings (SSSR count). The predicted molar refractivity (Wildman–Crippen MR) is 79.8 cm³/mol. The Labute approximate surface area is 124 Å². The highest BCUT2D eigenvalue weighted by molar-refractivity contribution is 5.61. The first kappa shape index (κ1) is 14.2. The average molecular weight is 287 g/mol. The summed E-state index contributed by atoms with van der Waals surface area (Å²) in [5.74, 6) is 1.17. The second-order valence-corrected chi connectivity index (χ2v) is 5.74. The maximum Gasteiger partial charge on any atom is 0.258 e. The molecule has 21 heavy (non-hydrogen) atoms. The van der Waals surface area contributed by atoms with Crippen molar-refractivity contribution in [1.82, 2.24) is 15.5 Å². The molecule has 1 aliphatic rings. The van der Waals surface area contributed by atoms with Gasteiger partial charge in [-0.25, -0.2) is 0 Å². The van der Waals surface area contributed by atoms with Gasteiger partial charge >= 0.3 is 0 Å². The third-order valence-corrected chi connectivity index (χ3v) is 3.84. The summed E-state index contributed by atoms with van der Waals surface area (Å²) in [4.78, 5) is 4.56. The topological polar surface area (TPSA) is 60.2 Å². The van der Waals surface area contributed by atoms with Crippen molar-refractivity contribution in [1.29, 1.82) is 0 Å². The molecule has 0 radical (unpaired) electrons. The first-order valence-corrected chi connectivity index (χ1v) is 7.42. The van der Waals surface area contributed by atoms with Crippen LogP contribution >= 0.6 is 0 Å². The molecule has 2 heterocycles. The SMILES string of the molecule is CCOC(C)(C)c1noc(-c2cccc3c2CCNC3)n1. The fraction of sp³-hybridized carbons (Fsp3) is 0.500. The van der Waals surface area contributed by atoms with E-state index in [-0.39, 0.29) is 0 Å². The van der Waals surface area contributed by atoms with Crippen LogP contribution in [0.2, 0.25) is 0 Å². The minimum Gasteiger partial charge on any atom is -0.368 e. The van der Waals surface area contributed by atoms with Gasteiger partial charge in [0, 0.05) is 18.7 Å². The predicted octanol–water partition coefficient (Wildman–Crippen LogP) is 2.65. The summed E-state index contributed by atoms with van der Waals surface area (Å²) in [7, 11) is 0. The summed E-state index contributed by atoms with van der Waals surface area (Å²) in [5.41, 5.74) is 3.12. The van der Waals surface area contributed by atoms with Crippen LogP contribution in [0, 0.1) is 0 Å². The number of ether oxygens (including phenoxy) is 1. The van der Waals surface area contributed by atoms with Crippen LogP contribution in [0.1, 0.15) is 37.7 Å². The van der Waals surface area contributed by atoms with Crippen LogP contribution in [0.4, 0.5) is 0 Å². The molecule has 0 saturated carbocycles. The minimum absolute atomic E-state index is 0.535. The minimum atomic E-state index is -0.535. The zero-order valence-electron chi connectivity index (χ0n) is 12.8. The molecule has 0 bridgehead atoms. The van der Waals surface area contributed by atoms with Crippen LogP contribution in [-0.2, 0) is 23.3 Å². The Morgan fingerprint density at radius 3 is 3.05 bits per heavy atom. The summed E-state index contributed by atoms with van der Waals surface area (Å²) in [6.45, 7) is 8.36. The third kappa shape index (κ3) is 2.71. The second kappa shape index (κ2) is 5.58. The molecule has 5 nitrogen and oxygen atoms in total. The molecule has 2 aromatic rings. The molecule has 0 unspecified atom stereocenters. The maximum absolute atomic E-state index is 5.68. The Morgan fingerprint density at radius 1 is 1.38 bits per heavy atom. The summed E-state index contributed by atoms with van der Waals surface area (Å²) in [6, 6.07) is 6.24. The van der Waals surface area contributed by atoms with E-state index in [0.717, 1.165) is 25.1 Å². The van der Waals surface area contributed by atoms with Crippen LogP contribution in [0.3, 0.4) is 0 Å². The van der Waals surface area contributed by atoms with Crippen LogP contribution in [0.25, 0.3) is 11.5 Å². The van der Waals surface area contributed by atoms with E-state index in [1.54, 1.807) is 0 Å². The van der Waals surface area contributed by atoms with E-state index in [4.69, 9.17) is 9.26 Å². The number of rotatable bonds is 4. The second-order valence-electron chi connectivity index (χ2n) is 5.74. The summed E-state index contributed by atoms with van der Waals surface area (Å²) in [6.07, 6.45) is 0.984. The molecular formula is C16H21N3O2. The summed E-state index contributed by atoms with van der Waals surface area (Å²) >= 11 is 0. The van der Waals surface area contributed by atoms with Crippen molar-refractivity contribution in [3.63, 3.8) is 0 Å². The molecule has 0 fully saturated rings. The fourth-order valence-corrected chi connectivity index (χ4v) is 2.74. The maximum atomic E-state index is 5.68. The Morgan fingerprint density at radius 2 is 2.24 bits per heavy atom. The lowest BCUT2D eigenvalue weighted by atomic mass is 9.95. The Bertz CT molecular complexity index is 634. The van der Waals surface area contributed by atoms with Gasteiger partial charge in [-0.15, -0.1) is 0 Å². The Hall–Kier alpha value is -1.72. The molecule has 0 saturated heterocycles. The van der Waals surface area contributed by atoms with Crippen molar-refractivity contribution < 1.29 is 9.26 Å². The van der Waals surface area contributed by atoms with E-state index >= 15 is 0 Å². The molecule has 1 aromatic carbocycles. The molecule has 0 aliphatic carbocycles. The Kier molecular flexibility index (Phi) is 3.78. The highest BCUT2D eigenvalue weighted by Gasteiger charge is 2.28. The quantitative estimate of drug-likeness (QED) is 0.936. The van der Waals surface area contributed by atoms with Gasteiger partial charge in [-0.3, -0.25) is 0 Å². The van der Waals surface area contributed by atoms with E-state index in [1.807, 2.05) is 26.8 Å². The van der Waals surface area contributed by atoms with Gasteiger partial charge < -0.3 is 14.6 Å². The standard InChI is InChI=1S/C16H21N3O2/c1-4-20-16(2,3)15-18-14(21-19-15)13-7-5-6-11-10-17-9-8-12(11)13/h5-7,17H,4,8-10H2,1-3H3. The molecular weight excluding hydrogens is 266 g/mol. The van der Waals surface area contributed by atoms with Crippen molar-refractivity contribution in [3.8, 4) is 11.5 Å². The van der Waals surface area contributed by atoms with E-state index < -0.39 is 5.60 Å².